The van der Waals surface area contributed by atoms with Gasteiger partial charge in [-0.2, -0.15) is 10.4 Å². The van der Waals surface area contributed by atoms with Gasteiger partial charge >= 0.3 is 26.2 Å². The van der Waals surface area contributed by atoms with Crippen molar-refractivity contribution in [2.45, 2.75) is 31.9 Å². The molecule has 5 rings (SSSR count). The van der Waals surface area contributed by atoms with Crippen molar-refractivity contribution in [1.29, 1.82) is 0 Å². The predicted octanol–water partition coefficient (Wildman–Crippen LogP) is -2.00. The van der Waals surface area contributed by atoms with Gasteiger partial charge in [0.25, 0.3) is 0 Å². The summed E-state index contributed by atoms with van der Waals surface area (Å²) in [5, 5.41) is 15.6. The molecule has 1 radical (unpaired) electrons. The number of aliphatic hydroxyl groups excluding tert-OH is 1. The zero-order chi connectivity index (χ0) is 17.2. The van der Waals surface area contributed by atoms with Crippen LogP contribution >= 0.6 is 0 Å². The van der Waals surface area contributed by atoms with E-state index >= 15 is 0 Å². The molecule has 2 aliphatic rings. The Morgan fingerprint density at radius 1 is 1.00 bits per heavy atom. The molecule has 28 heavy (non-hydrogen) atoms. The number of fused-ring (bicyclic) bond motifs is 4. The molecule has 1 N–H and O–H groups in total. The Balaban J connectivity index is 0.000000934. The summed E-state index contributed by atoms with van der Waals surface area (Å²) in [5.74, 6) is 0.352. The first kappa shape index (κ1) is 23.7. The second kappa shape index (κ2) is 8.66. The van der Waals surface area contributed by atoms with Gasteiger partial charge in [-0.1, -0.05) is 55.1 Å². The fraction of sp³-hybridized carbons (Fsp3) is 0.261. The first-order chi connectivity index (χ1) is 12.1. The van der Waals surface area contributed by atoms with Crippen molar-refractivity contribution in [3.05, 3.63) is 71.3 Å². The topological polar surface area (TPSA) is 20.2 Å². The first-order valence-corrected chi connectivity index (χ1v) is 12.3. The van der Waals surface area contributed by atoms with Crippen molar-refractivity contribution in [3.63, 3.8) is 0 Å². The fourth-order valence-corrected chi connectivity index (χ4v) is 8.17. The summed E-state index contributed by atoms with van der Waals surface area (Å²) in [6.45, 7) is 5.20. The molecule has 1 aliphatic carbocycles. The van der Waals surface area contributed by atoms with E-state index in [1.165, 1.54) is 33.0 Å². The molecule has 1 heterocycles. The molecule has 1 nitrogen and oxygen atoms in total. The van der Waals surface area contributed by atoms with Crippen LogP contribution in [0, 0.1) is 0 Å². The smallest absolute Gasteiger partial charge is 1.00 e. The van der Waals surface area contributed by atoms with Gasteiger partial charge in [0.2, 0.25) is 0 Å². The maximum absolute atomic E-state index is 9.25. The van der Waals surface area contributed by atoms with Gasteiger partial charge in [0.05, 0.1) is 0 Å². The Morgan fingerprint density at radius 3 is 2.46 bits per heavy atom. The SMILES string of the molecule is C[Si]1(C)c2[cH-]c3cccc(C4C=C(CCCO)c5ccccc54)c3c21.[Cl-].[Cl-].[Zr+3]. The zero-order valence-corrected chi connectivity index (χ0v) is 21.1. The normalized spacial score (nSPS) is 17.5. The van der Waals surface area contributed by atoms with Gasteiger partial charge in [-0.25, -0.2) is 0 Å². The van der Waals surface area contributed by atoms with Crippen LogP contribution in [0.15, 0.2) is 54.6 Å². The van der Waals surface area contributed by atoms with Gasteiger partial charge in [-0.05, 0) is 29.5 Å². The van der Waals surface area contributed by atoms with Gasteiger partial charge in [-0.15, -0.1) is 29.0 Å². The zero-order valence-electron chi connectivity index (χ0n) is 16.1. The molecule has 0 spiro atoms. The van der Waals surface area contributed by atoms with Crippen LogP contribution in [0.5, 0.6) is 0 Å². The van der Waals surface area contributed by atoms with E-state index in [4.69, 9.17) is 0 Å². The second-order valence-electron chi connectivity index (χ2n) is 7.95. The van der Waals surface area contributed by atoms with Gasteiger partial charge in [-0.3, -0.25) is 0 Å². The monoisotopic (exact) mass is 503 g/mol. The molecule has 5 heteroatoms. The molecule has 0 amide bonds. The molecule has 0 fully saturated rings. The summed E-state index contributed by atoms with van der Waals surface area (Å²) in [4.78, 5) is 0. The van der Waals surface area contributed by atoms with Gasteiger partial charge in [0.15, 0.2) is 0 Å². The maximum atomic E-state index is 9.25. The standard InChI is InChI=1S/C23H23OSi.2ClH.Zr/c1-25(2)21-14-16-7-5-11-19(22(16)23(21)25)20-13-15(8-6-12-24)17-9-3-4-10-18(17)20;;;/h3-5,7,9-11,13-14,20,24H,6,8,12H2,1-2H3;2*1H;/q-1;;;+3/p-2. The molecule has 1 aliphatic heterocycles. The van der Waals surface area contributed by atoms with E-state index in [0.717, 1.165) is 12.8 Å². The van der Waals surface area contributed by atoms with Crippen LogP contribution < -0.4 is 35.2 Å². The van der Waals surface area contributed by atoms with E-state index in [0.29, 0.717) is 5.92 Å². The number of rotatable bonds is 4. The summed E-state index contributed by atoms with van der Waals surface area (Å²) in [6, 6.07) is 18.1. The Kier molecular flexibility index (Phi) is 7.33. The van der Waals surface area contributed by atoms with Crippen LogP contribution in [-0.4, -0.2) is 19.8 Å². The number of allylic oxidation sites excluding steroid dienone is 2. The Bertz CT molecular complexity index is 1040. The average molecular weight is 506 g/mol. The molecule has 1 unspecified atom stereocenters. The van der Waals surface area contributed by atoms with Crippen molar-refractivity contribution < 1.29 is 56.1 Å². The molecule has 0 saturated carbocycles. The summed E-state index contributed by atoms with van der Waals surface area (Å²) in [7, 11) is -1.25. The Hall–Kier alpha value is -0.570. The molecular weight excluding hydrogens is 482 g/mol. The van der Waals surface area contributed by atoms with E-state index < -0.39 is 8.07 Å². The number of hydrogen-bond acceptors (Lipinski definition) is 1. The number of hydrogen-bond donors (Lipinski definition) is 1. The van der Waals surface area contributed by atoms with Gasteiger partial charge in [0.1, 0.15) is 0 Å². The minimum Gasteiger partial charge on any atom is -1.00 e. The molecule has 0 bridgehead atoms. The van der Waals surface area contributed by atoms with Crippen LogP contribution in [-0.2, 0) is 26.2 Å². The molecule has 3 aromatic carbocycles. The molecule has 1 atom stereocenters. The Morgan fingerprint density at radius 2 is 1.71 bits per heavy atom. The molecule has 3 aromatic rings. The van der Waals surface area contributed by atoms with Crippen LogP contribution in [0.2, 0.25) is 13.1 Å². The van der Waals surface area contributed by atoms with E-state index in [1.807, 2.05) is 0 Å². The third-order valence-electron chi connectivity index (χ3n) is 6.13. The molecular formula is C23H23Cl2OSiZr. The van der Waals surface area contributed by atoms with E-state index in [-0.39, 0.29) is 57.6 Å². The van der Waals surface area contributed by atoms with Crippen molar-refractivity contribution >= 4 is 34.8 Å². The second-order valence-corrected chi connectivity index (χ2v) is 12.2. The van der Waals surface area contributed by atoms with Gasteiger partial charge < -0.3 is 29.9 Å². The summed E-state index contributed by atoms with van der Waals surface area (Å²) < 4.78 is 0. The van der Waals surface area contributed by atoms with Crippen molar-refractivity contribution in [3.8, 4) is 0 Å². The van der Waals surface area contributed by atoms with E-state index in [1.54, 1.807) is 10.4 Å². The van der Waals surface area contributed by atoms with E-state index in [9.17, 15) is 5.11 Å². The van der Waals surface area contributed by atoms with Crippen LogP contribution in [0.25, 0.3) is 16.3 Å². The molecule has 0 aromatic heterocycles. The van der Waals surface area contributed by atoms with Crippen LogP contribution in [0.4, 0.5) is 0 Å². The fourth-order valence-electron chi connectivity index (χ4n) is 4.80. The first-order valence-electron chi connectivity index (χ1n) is 9.27. The molecule has 143 valence electrons. The quantitative estimate of drug-likeness (QED) is 0.322. The number of benzene rings is 2. The summed E-state index contributed by atoms with van der Waals surface area (Å²) >= 11 is 0. The van der Waals surface area contributed by atoms with Crippen molar-refractivity contribution in [2.24, 2.45) is 0 Å². The average Bonchev–Trinajstić information content (AvgIpc) is 2.99. The predicted molar refractivity (Wildman–Crippen MR) is 109 cm³/mol. The van der Waals surface area contributed by atoms with Crippen LogP contribution in [0.1, 0.15) is 35.4 Å². The summed E-state index contributed by atoms with van der Waals surface area (Å²) in [5.41, 5.74) is 5.68. The van der Waals surface area contributed by atoms with Crippen molar-refractivity contribution in [2.75, 3.05) is 6.61 Å². The minimum absolute atomic E-state index is 0. The third kappa shape index (κ3) is 3.44. The third-order valence-corrected chi connectivity index (χ3v) is 9.39. The minimum atomic E-state index is -1.25. The van der Waals surface area contributed by atoms with Gasteiger partial charge in [0, 0.05) is 20.6 Å². The molecule has 0 saturated heterocycles. The van der Waals surface area contributed by atoms with Crippen molar-refractivity contribution in [1.82, 2.24) is 0 Å². The summed E-state index contributed by atoms with van der Waals surface area (Å²) in [6.07, 6.45) is 4.24. The Labute approximate surface area is 199 Å². The largest absolute Gasteiger partial charge is 3.00 e. The number of aliphatic hydroxyl groups is 1. The van der Waals surface area contributed by atoms with Crippen LogP contribution in [0.3, 0.4) is 0 Å². The maximum Gasteiger partial charge on any atom is 3.00 e. The van der Waals surface area contributed by atoms with E-state index in [2.05, 4.69) is 67.7 Å². The number of halogens is 2.